The third kappa shape index (κ3) is 4.40. The second kappa shape index (κ2) is 8.87. The fourth-order valence-electron chi connectivity index (χ4n) is 3.43. The van der Waals surface area contributed by atoms with Crippen molar-refractivity contribution in [1.82, 2.24) is 29.9 Å². The van der Waals surface area contributed by atoms with Crippen molar-refractivity contribution in [1.29, 1.82) is 0 Å². The van der Waals surface area contributed by atoms with Crippen LogP contribution >= 0.6 is 0 Å². The van der Waals surface area contributed by atoms with Gasteiger partial charge in [0.1, 0.15) is 34.4 Å². The number of hydrogen-bond acceptors (Lipinski definition) is 8. The number of anilines is 3. The van der Waals surface area contributed by atoms with E-state index in [1.54, 1.807) is 19.6 Å². The molecule has 10 nitrogen and oxygen atoms in total. The monoisotopic (exact) mass is 440 g/mol. The summed E-state index contributed by atoms with van der Waals surface area (Å²) in [6, 6.07) is 11.6. The van der Waals surface area contributed by atoms with Gasteiger partial charge in [-0.25, -0.2) is 24.9 Å². The maximum Gasteiger partial charge on any atom is 0.365 e. The van der Waals surface area contributed by atoms with Crippen molar-refractivity contribution in [2.75, 3.05) is 17.7 Å². The fraction of sp³-hybridized carbons (Fsp3) is 0.130. The molecule has 0 amide bonds. The van der Waals surface area contributed by atoms with Crippen molar-refractivity contribution in [2.45, 2.75) is 13.5 Å². The van der Waals surface area contributed by atoms with E-state index < -0.39 is 0 Å². The van der Waals surface area contributed by atoms with Gasteiger partial charge in [0.25, 0.3) is 0 Å². The molecule has 164 valence electrons. The average Bonchev–Trinajstić information content (AvgIpc) is 3.32. The number of H-pyrrole nitrogens is 2. The maximum atomic E-state index is 5.20. The number of methoxy groups -OCH3 is 1. The molecule has 4 N–H and O–H groups in total. The molecule has 5 aromatic heterocycles. The van der Waals surface area contributed by atoms with Crippen LogP contribution in [0.25, 0.3) is 22.4 Å². The van der Waals surface area contributed by atoms with Crippen molar-refractivity contribution >= 4 is 28.5 Å². The molecule has 5 aromatic rings. The van der Waals surface area contributed by atoms with Crippen LogP contribution in [-0.4, -0.2) is 37.0 Å². The molecule has 5 heterocycles. The van der Waals surface area contributed by atoms with E-state index in [1.165, 1.54) is 0 Å². The number of imidazole rings is 1. The zero-order chi connectivity index (χ0) is 22.6. The Morgan fingerprint density at radius 3 is 2.82 bits per heavy atom. The van der Waals surface area contributed by atoms with E-state index in [2.05, 4.69) is 41.6 Å². The molecule has 0 fully saturated rings. The highest BCUT2D eigenvalue weighted by molar-refractivity contribution is 5.91. The van der Waals surface area contributed by atoms with E-state index in [9.17, 15) is 0 Å². The quantitative estimate of drug-likeness (QED) is 0.352. The second-order valence-electron chi connectivity index (χ2n) is 7.30. The third-order valence-electron chi connectivity index (χ3n) is 5.00. The lowest BCUT2D eigenvalue weighted by molar-refractivity contribution is -0.392. The van der Waals surface area contributed by atoms with E-state index in [0.29, 0.717) is 29.7 Å². The number of aromatic amines is 2. The molecule has 0 saturated carbocycles. The van der Waals surface area contributed by atoms with Gasteiger partial charge in [-0.3, -0.25) is 0 Å². The molecule has 0 spiro atoms. The summed E-state index contributed by atoms with van der Waals surface area (Å²) in [5.74, 6) is 2.74. The van der Waals surface area contributed by atoms with Crippen molar-refractivity contribution in [3.05, 3.63) is 72.7 Å². The Kier molecular flexibility index (Phi) is 5.46. The Balaban J connectivity index is 1.55. The van der Waals surface area contributed by atoms with Gasteiger partial charge < -0.3 is 20.4 Å². The standard InChI is InChI=1S/C23H21N9O/c1-14-30-20(21-23(31-14)29-13-28-21)17-9-15(10-25-18-5-3-4-8-24-18)11-27-22(17)32-16-6-7-19(33-2)26-12-16/h3-9,11-13H,10H2,1-2H3,(H,24,25)(H,27,32)(H,28,29,30,31)/p+1. The predicted molar refractivity (Wildman–Crippen MR) is 124 cm³/mol. The molecule has 0 atom stereocenters. The number of ether oxygens (including phenoxy) is 1. The largest absolute Gasteiger partial charge is 0.448 e. The van der Waals surface area contributed by atoms with E-state index in [1.807, 2.05) is 49.6 Å². The minimum atomic E-state index is 0.559. The molecule has 0 aliphatic heterocycles. The summed E-state index contributed by atoms with van der Waals surface area (Å²) in [5.41, 5.74) is 4.72. The number of pyridine rings is 3. The van der Waals surface area contributed by atoms with Crippen LogP contribution in [0, 0.1) is 6.92 Å². The van der Waals surface area contributed by atoms with Crippen molar-refractivity contribution in [3.63, 3.8) is 0 Å². The van der Waals surface area contributed by atoms with E-state index in [0.717, 1.165) is 33.8 Å². The Morgan fingerprint density at radius 1 is 1.09 bits per heavy atom. The van der Waals surface area contributed by atoms with Crippen LogP contribution in [0.4, 0.5) is 17.3 Å². The van der Waals surface area contributed by atoms with Crippen LogP contribution in [0.15, 0.2) is 61.3 Å². The highest BCUT2D eigenvalue weighted by Crippen LogP contribution is 2.32. The van der Waals surface area contributed by atoms with Gasteiger partial charge >= 0.3 is 5.88 Å². The lowest BCUT2D eigenvalue weighted by atomic mass is 10.1. The highest BCUT2D eigenvalue weighted by atomic mass is 16.5. The number of nitrogens with one attached hydrogen (secondary N) is 4. The first-order chi connectivity index (χ1) is 16.2. The third-order valence-corrected chi connectivity index (χ3v) is 5.00. The van der Waals surface area contributed by atoms with Crippen LogP contribution < -0.4 is 20.4 Å². The Bertz CT molecular complexity index is 1380. The zero-order valence-corrected chi connectivity index (χ0v) is 18.1. The summed E-state index contributed by atoms with van der Waals surface area (Å²) in [7, 11) is 1.61. The molecule has 5 rings (SSSR count). The number of aromatic nitrogens is 7. The Labute approximate surface area is 189 Å². The van der Waals surface area contributed by atoms with Gasteiger partial charge in [-0.2, -0.15) is 4.98 Å². The Hall–Kier alpha value is -4.60. The summed E-state index contributed by atoms with van der Waals surface area (Å²) < 4.78 is 5.20. The average molecular weight is 440 g/mol. The molecular formula is C23H22N9O+. The first-order valence-electron chi connectivity index (χ1n) is 10.3. The van der Waals surface area contributed by atoms with Crippen molar-refractivity contribution in [3.8, 4) is 17.1 Å². The van der Waals surface area contributed by atoms with Gasteiger partial charge in [-0.1, -0.05) is 6.07 Å². The number of fused-ring (bicyclic) bond motifs is 1. The molecule has 0 radical (unpaired) electrons. The highest BCUT2D eigenvalue weighted by Gasteiger charge is 2.17. The zero-order valence-electron chi connectivity index (χ0n) is 18.1. The maximum absolute atomic E-state index is 5.20. The summed E-state index contributed by atoms with van der Waals surface area (Å²) in [5, 5.41) is 6.70. The van der Waals surface area contributed by atoms with Gasteiger partial charge in [0.2, 0.25) is 0 Å². The second-order valence-corrected chi connectivity index (χ2v) is 7.30. The summed E-state index contributed by atoms with van der Waals surface area (Å²) >= 11 is 0. The summed E-state index contributed by atoms with van der Waals surface area (Å²) in [4.78, 5) is 28.7. The smallest absolute Gasteiger partial charge is 0.365 e. The van der Waals surface area contributed by atoms with Gasteiger partial charge in [-0.15, -0.1) is 0 Å². The molecule has 0 aromatic carbocycles. The number of hydrogen-bond donors (Lipinski definition) is 3. The van der Waals surface area contributed by atoms with E-state index >= 15 is 0 Å². The van der Waals surface area contributed by atoms with Crippen LogP contribution in [0.1, 0.15) is 11.4 Å². The molecule has 0 aliphatic rings. The molecular weight excluding hydrogens is 418 g/mol. The molecule has 33 heavy (non-hydrogen) atoms. The molecule has 10 heteroatoms. The molecule has 0 bridgehead atoms. The van der Waals surface area contributed by atoms with Crippen molar-refractivity contribution in [2.24, 2.45) is 0 Å². The topological polar surface area (TPSA) is 128 Å². The number of nitrogens with zero attached hydrogens (tertiary/aromatic N) is 5. The SMILES string of the molecule is COc1ccc(Nc2ncc(CNc3ccccn3)cc2-c2nc(C)nc3nc[nH]c23)c[nH+]1. The van der Waals surface area contributed by atoms with Crippen LogP contribution in [0.2, 0.25) is 0 Å². The van der Waals surface area contributed by atoms with Gasteiger partial charge in [-0.05, 0) is 36.8 Å². The van der Waals surface area contributed by atoms with E-state index in [4.69, 9.17) is 14.7 Å². The number of aryl methyl sites for hydroxylation is 1. The molecule has 0 unspecified atom stereocenters. The Morgan fingerprint density at radius 2 is 2.03 bits per heavy atom. The van der Waals surface area contributed by atoms with Crippen LogP contribution in [0.5, 0.6) is 5.88 Å². The first kappa shape index (κ1) is 20.3. The summed E-state index contributed by atoms with van der Waals surface area (Å²) in [6.07, 6.45) is 7.02. The normalized spacial score (nSPS) is 10.8. The van der Waals surface area contributed by atoms with Crippen LogP contribution in [-0.2, 0) is 6.54 Å². The fourth-order valence-corrected chi connectivity index (χ4v) is 3.43. The molecule has 0 aliphatic carbocycles. The van der Waals surface area contributed by atoms with Gasteiger partial charge in [0, 0.05) is 24.5 Å². The molecule has 0 saturated heterocycles. The van der Waals surface area contributed by atoms with Gasteiger partial charge in [0.15, 0.2) is 11.8 Å². The number of rotatable bonds is 7. The van der Waals surface area contributed by atoms with Crippen molar-refractivity contribution < 1.29 is 9.72 Å². The summed E-state index contributed by atoms with van der Waals surface area (Å²) in [6.45, 7) is 2.41. The predicted octanol–water partition coefficient (Wildman–Crippen LogP) is 3.30. The van der Waals surface area contributed by atoms with Crippen LogP contribution in [0.3, 0.4) is 0 Å². The minimum Gasteiger partial charge on any atom is -0.448 e. The lowest BCUT2D eigenvalue weighted by Gasteiger charge is -2.13. The van der Waals surface area contributed by atoms with Gasteiger partial charge in [0.05, 0.1) is 19.5 Å². The van der Waals surface area contributed by atoms with E-state index in [-0.39, 0.29) is 0 Å². The minimum absolute atomic E-state index is 0.559. The first-order valence-corrected chi connectivity index (χ1v) is 10.3. The lowest BCUT2D eigenvalue weighted by Crippen LogP contribution is -2.09.